The van der Waals surface area contributed by atoms with Gasteiger partial charge in [0.15, 0.2) is 0 Å². The van der Waals surface area contributed by atoms with Crippen molar-refractivity contribution in [2.75, 3.05) is 13.6 Å². The molecule has 0 fully saturated rings. The zero-order valence-corrected chi connectivity index (χ0v) is 16.3. The van der Waals surface area contributed by atoms with Crippen molar-refractivity contribution < 1.29 is 13.2 Å². The van der Waals surface area contributed by atoms with Crippen LogP contribution in [-0.2, 0) is 32.1 Å². The monoisotopic (exact) mass is 407 g/mol. The molecule has 0 saturated carbocycles. The van der Waals surface area contributed by atoms with E-state index in [4.69, 9.17) is 11.6 Å². The first-order valence-corrected chi connectivity index (χ1v) is 9.71. The first kappa shape index (κ1) is 19.3. The quantitative estimate of drug-likeness (QED) is 0.583. The van der Waals surface area contributed by atoms with Crippen molar-refractivity contribution in [2.45, 2.75) is 38.5 Å². The molecule has 28 heavy (non-hydrogen) atoms. The molecule has 0 radical (unpaired) electrons. The van der Waals surface area contributed by atoms with Crippen LogP contribution in [-0.4, -0.2) is 28.0 Å². The van der Waals surface area contributed by atoms with E-state index in [1.54, 1.807) is 0 Å². The van der Waals surface area contributed by atoms with E-state index >= 15 is 0 Å². The van der Waals surface area contributed by atoms with Gasteiger partial charge in [0.05, 0.1) is 0 Å². The number of benzene rings is 1. The Bertz CT molecular complexity index is 993. The Labute approximate surface area is 166 Å². The van der Waals surface area contributed by atoms with Gasteiger partial charge in [0.25, 0.3) is 0 Å². The number of aromatic nitrogens is 2. The molecule has 1 aromatic carbocycles. The Balaban J connectivity index is 1.54. The van der Waals surface area contributed by atoms with Crippen molar-refractivity contribution in [1.82, 2.24) is 14.5 Å². The summed E-state index contributed by atoms with van der Waals surface area (Å²) in [6.45, 7) is 2.74. The van der Waals surface area contributed by atoms with Crippen molar-refractivity contribution in [2.24, 2.45) is 0 Å². The Hall–Kier alpha value is -2.05. The summed E-state index contributed by atoms with van der Waals surface area (Å²) < 4.78 is 40.3. The highest BCUT2D eigenvalue weighted by Crippen LogP contribution is 2.33. The minimum absolute atomic E-state index is 0.688. The van der Waals surface area contributed by atoms with Gasteiger partial charge in [-0.15, -0.1) is 0 Å². The number of nitrogens with zero attached hydrogens (tertiary/aromatic N) is 3. The Morgan fingerprint density at radius 2 is 2.00 bits per heavy atom. The van der Waals surface area contributed by atoms with E-state index in [1.807, 2.05) is 12.1 Å². The fourth-order valence-electron chi connectivity index (χ4n) is 3.99. The molecule has 1 aliphatic heterocycles. The van der Waals surface area contributed by atoms with Gasteiger partial charge in [-0.1, -0.05) is 17.7 Å². The number of pyridine rings is 1. The van der Waals surface area contributed by atoms with Crippen LogP contribution in [0, 0.1) is 0 Å². The van der Waals surface area contributed by atoms with Gasteiger partial charge in [-0.25, -0.2) is 0 Å². The van der Waals surface area contributed by atoms with Crippen LogP contribution in [0.3, 0.4) is 0 Å². The molecule has 3 aromatic rings. The lowest BCUT2D eigenvalue weighted by molar-refractivity contribution is -0.141. The third kappa shape index (κ3) is 3.76. The Kier molecular flexibility index (Phi) is 5.10. The number of fused-ring (bicyclic) bond motifs is 3. The molecule has 0 spiro atoms. The summed E-state index contributed by atoms with van der Waals surface area (Å²) in [4.78, 5) is 5.86. The molecule has 148 valence electrons. The lowest BCUT2D eigenvalue weighted by Gasteiger charge is -2.24. The number of alkyl halides is 3. The molecule has 4 rings (SSSR count). The van der Waals surface area contributed by atoms with Crippen LogP contribution in [0.15, 0.2) is 36.5 Å². The molecule has 0 N–H and O–H groups in total. The predicted octanol–water partition coefficient (Wildman–Crippen LogP) is 5.33. The lowest BCUT2D eigenvalue weighted by atomic mass is 10.1. The highest BCUT2D eigenvalue weighted by molar-refractivity contribution is 6.31. The predicted molar refractivity (Wildman–Crippen MR) is 105 cm³/mol. The summed E-state index contributed by atoms with van der Waals surface area (Å²) in [5, 5.41) is 1.93. The van der Waals surface area contributed by atoms with Gasteiger partial charge in [0.2, 0.25) is 0 Å². The van der Waals surface area contributed by atoms with Crippen LogP contribution in [0.25, 0.3) is 10.9 Å². The number of halogens is 4. The SMILES string of the molecule is CN1CCc2c(c3cc(Cl)ccc3n2CCCc2ccc(C(F)(F)F)nc2)C1. The van der Waals surface area contributed by atoms with E-state index in [2.05, 4.69) is 27.6 Å². The maximum atomic E-state index is 12.6. The first-order chi connectivity index (χ1) is 13.3. The van der Waals surface area contributed by atoms with Crippen molar-refractivity contribution >= 4 is 22.5 Å². The van der Waals surface area contributed by atoms with Crippen molar-refractivity contribution in [3.8, 4) is 0 Å². The largest absolute Gasteiger partial charge is 0.433 e. The molecule has 7 heteroatoms. The molecule has 3 heterocycles. The molecule has 1 aliphatic rings. The summed E-state index contributed by atoms with van der Waals surface area (Å²) in [5.41, 5.74) is 3.84. The molecule has 0 atom stereocenters. The van der Waals surface area contributed by atoms with Crippen molar-refractivity contribution in [1.29, 1.82) is 0 Å². The summed E-state index contributed by atoms with van der Waals surface area (Å²) in [6.07, 6.45) is -0.550. The lowest BCUT2D eigenvalue weighted by Crippen LogP contribution is -2.27. The van der Waals surface area contributed by atoms with Gasteiger partial charge >= 0.3 is 6.18 Å². The first-order valence-electron chi connectivity index (χ1n) is 9.33. The van der Waals surface area contributed by atoms with Crippen LogP contribution in [0.2, 0.25) is 5.02 Å². The minimum Gasteiger partial charge on any atom is -0.344 e. The molecule has 0 bridgehead atoms. The van der Waals surface area contributed by atoms with Gasteiger partial charge in [-0.3, -0.25) is 4.98 Å². The number of likely N-dealkylation sites (N-methyl/N-ethyl adjacent to an activating group) is 1. The van der Waals surface area contributed by atoms with Gasteiger partial charge in [-0.2, -0.15) is 13.2 Å². The highest BCUT2D eigenvalue weighted by atomic mass is 35.5. The number of rotatable bonds is 4. The van der Waals surface area contributed by atoms with Crippen LogP contribution in [0.5, 0.6) is 0 Å². The van der Waals surface area contributed by atoms with E-state index in [-0.39, 0.29) is 0 Å². The molecule has 2 aromatic heterocycles. The van der Waals surface area contributed by atoms with E-state index < -0.39 is 11.9 Å². The van der Waals surface area contributed by atoms with Gasteiger partial charge in [0.1, 0.15) is 5.69 Å². The van der Waals surface area contributed by atoms with E-state index in [1.165, 1.54) is 34.4 Å². The van der Waals surface area contributed by atoms with Crippen molar-refractivity contribution in [3.63, 3.8) is 0 Å². The topological polar surface area (TPSA) is 21.1 Å². The van der Waals surface area contributed by atoms with Crippen LogP contribution < -0.4 is 0 Å². The normalized spacial score (nSPS) is 15.2. The average molecular weight is 408 g/mol. The summed E-state index contributed by atoms with van der Waals surface area (Å²) in [5.74, 6) is 0. The zero-order valence-electron chi connectivity index (χ0n) is 15.6. The molecule has 0 amide bonds. The summed E-state index contributed by atoms with van der Waals surface area (Å²) >= 11 is 6.23. The average Bonchev–Trinajstić information content (AvgIpc) is 2.94. The van der Waals surface area contributed by atoms with Crippen LogP contribution >= 0.6 is 11.6 Å². The highest BCUT2D eigenvalue weighted by Gasteiger charge is 2.32. The molecule has 0 aliphatic carbocycles. The third-order valence-electron chi connectivity index (χ3n) is 5.37. The minimum atomic E-state index is -4.39. The molecule has 3 nitrogen and oxygen atoms in total. The number of aryl methyl sites for hydroxylation is 2. The molecular weight excluding hydrogens is 387 g/mol. The van der Waals surface area contributed by atoms with E-state index in [0.29, 0.717) is 6.42 Å². The maximum absolute atomic E-state index is 12.6. The van der Waals surface area contributed by atoms with E-state index in [0.717, 1.165) is 49.1 Å². The second kappa shape index (κ2) is 7.41. The summed E-state index contributed by atoms with van der Waals surface area (Å²) in [6, 6.07) is 8.59. The fraction of sp³-hybridized carbons (Fsp3) is 0.381. The van der Waals surface area contributed by atoms with Crippen LogP contribution in [0.1, 0.15) is 28.9 Å². The zero-order chi connectivity index (χ0) is 19.9. The maximum Gasteiger partial charge on any atom is 0.433 e. The Morgan fingerprint density at radius 1 is 1.18 bits per heavy atom. The molecule has 0 unspecified atom stereocenters. The standard InChI is InChI=1S/C21H21ClF3N3/c1-27-10-8-19-17(13-27)16-11-15(22)5-6-18(16)28(19)9-2-3-14-4-7-20(26-12-14)21(23,24)25/h4-7,11-12H,2-3,8-10,13H2,1H3. The third-order valence-corrected chi connectivity index (χ3v) is 5.60. The fourth-order valence-corrected chi connectivity index (χ4v) is 4.17. The van der Waals surface area contributed by atoms with Gasteiger partial charge in [0, 0.05) is 53.9 Å². The molecular formula is C21H21ClF3N3. The Morgan fingerprint density at radius 3 is 2.71 bits per heavy atom. The summed E-state index contributed by atoms with van der Waals surface area (Å²) in [7, 11) is 2.12. The van der Waals surface area contributed by atoms with E-state index in [9.17, 15) is 13.2 Å². The second-order valence-corrected chi connectivity index (χ2v) is 7.82. The van der Waals surface area contributed by atoms with Gasteiger partial charge < -0.3 is 9.47 Å². The smallest absolute Gasteiger partial charge is 0.344 e. The second-order valence-electron chi connectivity index (χ2n) is 7.38. The van der Waals surface area contributed by atoms with Crippen LogP contribution in [0.4, 0.5) is 13.2 Å². The number of hydrogen-bond donors (Lipinski definition) is 0. The molecule has 0 saturated heterocycles. The number of hydrogen-bond acceptors (Lipinski definition) is 2. The van der Waals surface area contributed by atoms with Gasteiger partial charge in [-0.05, 0) is 55.3 Å². The van der Waals surface area contributed by atoms with Crippen molar-refractivity contribution in [3.05, 3.63) is 64.1 Å².